The summed E-state index contributed by atoms with van der Waals surface area (Å²) >= 11 is 1.51. The molecule has 4 N–H and O–H groups in total. The maximum atomic E-state index is 11.0. The van der Waals surface area contributed by atoms with Crippen LogP contribution in [0.4, 0.5) is 11.4 Å². The monoisotopic (exact) mass is 249 g/mol. The Kier molecular flexibility index (Phi) is 3.24. The van der Waals surface area contributed by atoms with Crippen molar-refractivity contribution in [2.24, 2.45) is 0 Å². The minimum absolute atomic E-state index is 0.168. The van der Waals surface area contributed by atoms with Gasteiger partial charge in [-0.05, 0) is 18.2 Å². The van der Waals surface area contributed by atoms with E-state index in [4.69, 9.17) is 10.8 Å². The summed E-state index contributed by atoms with van der Waals surface area (Å²) in [5, 5.41) is 14.8. The number of hydrogen-bond acceptors (Lipinski definition) is 5. The second-order valence-corrected chi connectivity index (χ2v) is 4.37. The Hall–Kier alpha value is -2.08. The number of hydrogen-bond donors (Lipinski definition) is 3. The Morgan fingerprint density at radius 2 is 2.35 bits per heavy atom. The molecule has 1 aromatic heterocycles. The molecule has 0 aliphatic heterocycles. The predicted molar refractivity (Wildman–Crippen MR) is 67.3 cm³/mol. The summed E-state index contributed by atoms with van der Waals surface area (Å²) in [5.74, 6) is -1.00. The van der Waals surface area contributed by atoms with Crippen LogP contribution in [0.2, 0.25) is 0 Å². The number of nitrogen functional groups attached to an aromatic ring is 1. The number of carbonyl (C=O) groups is 1. The molecule has 0 unspecified atom stereocenters. The lowest BCUT2D eigenvalue weighted by Gasteiger charge is -2.08. The van der Waals surface area contributed by atoms with E-state index in [0.717, 1.165) is 5.01 Å². The molecule has 0 bridgehead atoms. The molecule has 17 heavy (non-hydrogen) atoms. The summed E-state index contributed by atoms with van der Waals surface area (Å²) in [6, 6.07) is 4.76. The normalized spacial score (nSPS) is 10.1. The third kappa shape index (κ3) is 2.73. The van der Waals surface area contributed by atoms with Crippen molar-refractivity contribution in [1.29, 1.82) is 0 Å². The highest BCUT2D eigenvalue weighted by Gasteiger charge is 2.10. The number of aromatic nitrogens is 1. The lowest BCUT2D eigenvalue weighted by atomic mass is 10.1. The fourth-order valence-electron chi connectivity index (χ4n) is 1.40. The first-order chi connectivity index (χ1) is 8.16. The van der Waals surface area contributed by atoms with Crippen molar-refractivity contribution in [2.45, 2.75) is 6.54 Å². The van der Waals surface area contributed by atoms with Crippen LogP contribution in [0, 0.1) is 0 Å². The fourth-order valence-corrected chi connectivity index (χ4v) is 1.96. The molecule has 2 rings (SSSR count). The molecule has 1 heterocycles. The van der Waals surface area contributed by atoms with Crippen molar-refractivity contribution < 1.29 is 9.90 Å². The van der Waals surface area contributed by atoms with Crippen LogP contribution in [0.15, 0.2) is 29.8 Å². The number of nitrogens with zero attached hydrogens (tertiary/aromatic N) is 1. The van der Waals surface area contributed by atoms with Crippen molar-refractivity contribution >= 4 is 28.7 Å². The van der Waals surface area contributed by atoms with Gasteiger partial charge in [-0.25, -0.2) is 9.78 Å². The Labute approximate surface area is 102 Å². The zero-order valence-electron chi connectivity index (χ0n) is 8.88. The van der Waals surface area contributed by atoms with Gasteiger partial charge in [0.2, 0.25) is 0 Å². The second-order valence-electron chi connectivity index (χ2n) is 3.39. The van der Waals surface area contributed by atoms with Gasteiger partial charge in [-0.15, -0.1) is 11.3 Å². The summed E-state index contributed by atoms with van der Waals surface area (Å²) in [7, 11) is 0. The number of thiazole rings is 1. The first kappa shape index (κ1) is 11.4. The van der Waals surface area contributed by atoms with Gasteiger partial charge in [0.15, 0.2) is 0 Å². The van der Waals surface area contributed by atoms with E-state index >= 15 is 0 Å². The maximum Gasteiger partial charge on any atom is 0.337 e. The topological polar surface area (TPSA) is 88.2 Å². The van der Waals surface area contributed by atoms with Gasteiger partial charge in [0.25, 0.3) is 0 Å². The van der Waals surface area contributed by atoms with E-state index < -0.39 is 5.97 Å². The number of rotatable bonds is 4. The number of nitrogens with one attached hydrogen (secondary N) is 1. The highest BCUT2D eigenvalue weighted by atomic mass is 32.1. The van der Waals surface area contributed by atoms with Crippen molar-refractivity contribution in [2.75, 3.05) is 11.1 Å². The second kappa shape index (κ2) is 4.84. The molecule has 0 aliphatic rings. The first-order valence-electron chi connectivity index (χ1n) is 4.92. The van der Waals surface area contributed by atoms with E-state index in [2.05, 4.69) is 10.3 Å². The number of carboxylic acid groups (broad SMARTS) is 1. The predicted octanol–water partition coefficient (Wildman–Crippen LogP) is 2.04. The molecule has 0 saturated carbocycles. The van der Waals surface area contributed by atoms with Crippen LogP contribution < -0.4 is 11.1 Å². The minimum atomic E-state index is -1.00. The molecule has 0 amide bonds. The van der Waals surface area contributed by atoms with E-state index in [1.165, 1.54) is 17.4 Å². The average Bonchev–Trinajstić information content (AvgIpc) is 2.80. The Balaban J connectivity index is 2.17. The van der Waals surface area contributed by atoms with Gasteiger partial charge in [-0.3, -0.25) is 0 Å². The van der Waals surface area contributed by atoms with Crippen LogP contribution in [0.25, 0.3) is 0 Å². The van der Waals surface area contributed by atoms with Gasteiger partial charge in [-0.2, -0.15) is 0 Å². The Morgan fingerprint density at radius 3 is 3.00 bits per heavy atom. The van der Waals surface area contributed by atoms with Crippen LogP contribution in [-0.4, -0.2) is 16.1 Å². The Bertz CT molecular complexity index is 526. The van der Waals surface area contributed by atoms with E-state index in [-0.39, 0.29) is 5.56 Å². The molecule has 0 radical (unpaired) electrons. The van der Waals surface area contributed by atoms with E-state index in [0.29, 0.717) is 17.9 Å². The molecular weight excluding hydrogens is 238 g/mol. The van der Waals surface area contributed by atoms with Crippen LogP contribution in [0.3, 0.4) is 0 Å². The smallest absolute Gasteiger partial charge is 0.337 e. The molecule has 88 valence electrons. The molecule has 0 spiro atoms. The van der Waals surface area contributed by atoms with Crippen molar-refractivity contribution in [3.05, 3.63) is 40.3 Å². The van der Waals surface area contributed by atoms with Crippen LogP contribution in [-0.2, 0) is 6.54 Å². The molecule has 5 nitrogen and oxygen atoms in total. The quantitative estimate of drug-likeness (QED) is 0.721. The van der Waals surface area contributed by atoms with Gasteiger partial charge in [0.1, 0.15) is 5.01 Å². The highest BCUT2D eigenvalue weighted by molar-refractivity contribution is 7.09. The number of benzene rings is 1. The minimum Gasteiger partial charge on any atom is -0.478 e. The number of nitrogens with two attached hydrogens (primary N) is 1. The Morgan fingerprint density at radius 1 is 1.53 bits per heavy atom. The summed E-state index contributed by atoms with van der Waals surface area (Å²) in [5.41, 5.74) is 6.70. The standard InChI is InChI=1S/C11H11N3O2S/c12-7-1-2-9(8(5-7)11(15)16)14-6-10-13-3-4-17-10/h1-5,14H,6,12H2,(H,15,16). The van der Waals surface area contributed by atoms with E-state index in [9.17, 15) is 4.79 Å². The lowest BCUT2D eigenvalue weighted by Crippen LogP contribution is -2.07. The van der Waals surface area contributed by atoms with Crippen molar-refractivity contribution in [3.63, 3.8) is 0 Å². The van der Waals surface area contributed by atoms with Gasteiger partial charge in [-0.1, -0.05) is 0 Å². The number of aromatic carboxylic acids is 1. The molecule has 0 saturated heterocycles. The zero-order valence-corrected chi connectivity index (χ0v) is 9.70. The summed E-state index contributed by atoms with van der Waals surface area (Å²) in [4.78, 5) is 15.1. The van der Waals surface area contributed by atoms with E-state index in [1.807, 2.05) is 5.38 Å². The first-order valence-corrected chi connectivity index (χ1v) is 5.80. The number of anilines is 2. The molecule has 0 atom stereocenters. The highest BCUT2D eigenvalue weighted by Crippen LogP contribution is 2.20. The van der Waals surface area contributed by atoms with Gasteiger partial charge in [0.05, 0.1) is 12.1 Å². The summed E-state index contributed by atoms with van der Waals surface area (Å²) in [6.07, 6.45) is 1.71. The average molecular weight is 249 g/mol. The van der Waals surface area contributed by atoms with Crippen LogP contribution >= 0.6 is 11.3 Å². The zero-order chi connectivity index (χ0) is 12.3. The molecule has 0 fully saturated rings. The van der Waals surface area contributed by atoms with Gasteiger partial charge >= 0.3 is 5.97 Å². The maximum absolute atomic E-state index is 11.0. The van der Waals surface area contributed by atoms with Gasteiger partial charge in [0, 0.05) is 23.0 Å². The van der Waals surface area contributed by atoms with Crippen molar-refractivity contribution in [3.8, 4) is 0 Å². The van der Waals surface area contributed by atoms with Crippen LogP contribution in [0.5, 0.6) is 0 Å². The van der Waals surface area contributed by atoms with Gasteiger partial charge < -0.3 is 16.2 Å². The summed E-state index contributed by atoms with van der Waals surface area (Å²) in [6.45, 7) is 0.502. The molecule has 6 heteroatoms. The third-order valence-electron chi connectivity index (χ3n) is 2.19. The third-order valence-corrected chi connectivity index (χ3v) is 2.97. The SMILES string of the molecule is Nc1ccc(NCc2nccs2)c(C(=O)O)c1. The lowest BCUT2D eigenvalue weighted by molar-refractivity contribution is 0.0698. The molecule has 2 aromatic rings. The van der Waals surface area contributed by atoms with Crippen molar-refractivity contribution in [1.82, 2.24) is 4.98 Å². The van der Waals surface area contributed by atoms with Crippen LogP contribution in [0.1, 0.15) is 15.4 Å². The fraction of sp³-hybridized carbons (Fsp3) is 0.0909. The molecular formula is C11H11N3O2S. The van der Waals surface area contributed by atoms with E-state index in [1.54, 1.807) is 18.3 Å². The largest absolute Gasteiger partial charge is 0.478 e. The number of carboxylic acids is 1. The molecule has 1 aromatic carbocycles. The summed E-state index contributed by atoms with van der Waals surface area (Å²) < 4.78 is 0. The molecule has 0 aliphatic carbocycles.